The number of nitrogens with zero attached hydrogens (tertiary/aromatic N) is 4. The first-order chi connectivity index (χ1) is 11.9. The predicted octanol–water partition coefficient (Wildman–Crippen LogP) is 2.75. The van der Waals surface area contributed by atoms with Crippen molar-refractivity contribution in [1.82, 2.24) is 24.9 Å². The van der Waals surface area contributed by atoms with Gasteiger partial charge in [0.25, 0.3) is 0 Å². The van der Waals surface area contributed by atoms with Crippen LogP contribution in [0.5, 0.6) is 0 Å². The molecule has 25 heavy (non-hydrogen) atoms. The molecule has 2 N–H and O–H groups in total. The van der Waals surface area contributed by atoms with E-state index < -0.39 is 0 Å². The molecule has 7 nitrogen and oxygen atoms in total. The van der Waals surface area contributed by atoms with Crippen molar-refractivity contribution in [2.45, 2.75) is 58.2 Å². The van der Waals surface area contributed by atoms with E-state index in [1.807, 2.05) is 0 Å². The van der Waals surface area contributed by atoms with Crippen LogP contribution in [0.15, 0.2) is 12.1 Å². The molecule has 0 aliphatic carbocycles. The second-order valence-corrected chi connectivity index (χ2v) is 8.11. The molecule has 0 spiro atoms. The molecule has 0 amide bonds. The summed E-state index contributed by atoms with van der Waals surface area (Å²) in [6.07, 6.45) is 1.02. The monoisotopic (exact) mass is 344 g/mol. The van der Waals surface area contributed by atoms with Crippen molar-refractivity contribution in [3.8, 4) is 0 Å². The molecule has 4 rings (SSSR count). The van der Waals surface area contributed by atoms with Crippen LogP contribution in [0.2, 0.25) is 0 Å². The molecule has 1 unspecified atom stereocenters. The van der Waals surface area contributed by atoms with Gasteiger partial charge in [-0.05, 0) is 13.3 Å². The highest BCUT2D eigenvalue weighted by Gasteiger charge is 2.28. The van der Waals surface area contributed by atoms with Crippen molar-refractivity contribution >= 4 is 11.6 Å². The molecule has 0 radical (unpaired) electrons. The van der Waals surface area contributed by atoms with E-state index in [0.717, 1.165) is 44.4 Å². The third-order valence-electron chi connectivity index (χ3n) is 5.04. The highest BCUT2D eigenvalue weighted by molar-refractivity contribution is 5.53. The largest absolute Gasteiger partial charge is 0.379 e. The number of nitrogens with one attached hydrogen (secondary N) is 2. The molecular formula is C18H28N6O. The minimum absolute atomic E-state index is 0.0292. The Morgan fingerprint density at radius 1 is 1.24 bits per heavy atom. The first-order valence-corrected chi connectivity index (χ1v) is 9.18. The molecule has 1 fully saturated rings. The Kier molecular flexibility index (Phi) is 4.08. The van der Waals surface area contributed by atoms with E-state index in [0.29, 0.717) is 12.1 Å². The Labute approximate surface area is 148 Å². The standard InChI is InChI=1S/C18H28N6O/c1-12-14-9-16(21-23(14)7-6-19-12)20-17-10-15(18(2,3)4)24(22-17)13-5-8-25-11-13/h9-10,12-13,19H,5-8,11H2,1-4H3,(H,20,21,22)/t12?,13-/m1/s1. The second kappa shape index (κ2) is 6.14. The highest BCUT2D eigenvalue weighted by Crippen LogP contribution is 2.31. The summed E-state index contributed by atoms with van der Waals surface area (Å²) in [6.45, 7) is 12.3. The number of hydrogen-bond acceptors (Lipinski definition) is 5. The summed E-state index contributed by atoms with van der Waals surface area (Å²) >= 11 is 0. The molecule has 4 heterocycles. The molecule has 7 heteroatoms. The molecule has 2 atom stereocenters. The predicted molar refractivity (Wildman–Crippen MR) is 97.3 cm³/mol. The average molecular weight is 344 g/mol. The molecule has 2 aromatic heterocycles. The number of rotatable bonds is 3. The summed E-state index contributed by atoms with van der Waals surface area (Å²) in [7, 11) is 0. The Morgan fingerprint density at radius 3 is 2.72 bits per heavy atom. The summed E-state index contributed by atoms with van der Waals surface area (Å²) < 4.78 is 9.80. The zero-order valence-corrected chi connectivity index (χ0v) is 15.5. The summed E-state index contributed by atoms with van der Waals surface area (Å²) in [5, 5.41) is 16.4. The van der Waals surface area contributed by atoms with Crippen molar-refractivity contribution < 1.29 is 4.74 Å². The molecule has 0 aromatic carbocycles. The van der Waals surface area contributed by atoms with E-state index in [-0.39, 0.29) is 5.41 Å². The van der Waals surface area contributed by atoms with E-state index in [9.17, 15) is 0 Å². The maximum Gasteiger partial charge on any atom is 0.153 e. The lowest BCUT2D eigenvalue weighted by molar-refractivity contribution is 0.183. The summed E-state index contributed by atoms with van der Waals surface area (Å²) in [6, 6.07) is 4.92. The topological polar surface area (TPSA) is 68.9 Å². The molecular weight excluding hydrogens is 316 g/mol. The van der Waals surface area contributed by atoms with Crippen molar-refractivity contribution in [1.29, 1.82) is 0 Å². The lowest BCUT2D eigenvalue weighted by atomic mass is 9.91. The number of ether oxygens (including phenoxy) is 1. The Hall–Kier alpha value is -1.86. The van der Waals surface area contributed by atoms with Gasteiger partial charge < -0.3 is 15.4 Å². The second-order valence-electron chi connectivity index (χ2n) is 8.11. The molecule has 136 valence electrons. The van der Waals surface area contributed by atoms with Gasteiger partial charge in [0.2, 0.25) is 0 Å². The van der Waals surface area contributed by atoms with E-state index in [4.69, 9.17) is 9.84 Å². The Morgan fingerprint density at radius 2 is 2.04 bits per heavy atom. The minimum atomic E-state index is 0.0292. The maximum absolute atomic E-state index is 5.57. The van der Waals surface area contributed by atoms with Gasteiger partial charge in [0, 0.05) is 42.4 Å². The SMILES string of the molecule is CC1NCCn2nc(Nc3cc(C(C)(C)C)n([C@@H]4CCOC4)n3)cc21. The lowest BCUT2D eigenvalue weighted by Crippen LogP contribution is -2.31. The van der Waals surface area contributed by atoms with Gasteiger partial charge in [0.1, 0.15) is 0 Å². The minimum Gasteiger partial charge on any atom is -0.379 e. The Balaban J connectivity index is 1.62. The zero-order valence-electron chi connectivity index (χ0n) is 15.5. The molecule has 0 saturated carbocycles. The Bertz CT molecular complexity index is 750. The van der Waals surface area contributed by atoms with Crippen molar-refractivity contribution in [3.05, 3.63) is 23.5 Å². The lowest BCUT2D eigenvalue weighted by Gasteiger charge is -2.22. The fourth-order valence-electron chi connectivity index (χ4n) is 3.65. The number of fused-ring (bicyclic) bond motifs is 1. The molecule has 0 bridgehead atoms. The molecule has 1 saturated heterocycles. The number of aromatic nitrogens is 4. The van der Waals surface area contributed by atoms with Gasteiger partial charge in [-0.2, -0.15) is 10.2 Å². The van der Waals surface area contributed by atoms with Crippen LogP contribution in [0.3, 0.4) is 0 Å². The molecule has 2 aliphatic heterocycles. The summed E-state index contributed by atoms with van der Waals surface area (Å²) in [5.74, 6) is 1.71. The first kappa shape index (κ1) is 16.6. The molecule has 2 aromatic rings. The number of hydrogen-bond donors (Lipinski definition) is 2. The van der Waals surface area contributed by atoms with Crippen LogP contribution in [0.4, 0.5) is 11.6 Å². The van der Waals surface area contributed by atoms with E-state index in [1.165, 1.54) is 11.4 Å². The van der Waals surface area contributed by atoms with Crippen LogP contribution in [-0.4, -0.2) is 39.3 Å². The van der Waals surface area contributed by atoms with Crippen LogP contribution >= 0.6 is 0 Å². The normalized spacial score (nSPS) is 23.7. The number of anilines is 2. The van der Waals surface area contributed by atoms with Crippen LogP contribution in [-0.2, 0) is 16.7 Å². The zero-order chi connectivity index (χ0) is 17.6. The van der Waals surface area contributed by atoms with E-state index in [2.05, 4.69) is 64.9 Å². The smallest absolute Gasteiger partial charge is 0.153 e. The third kappa shape index (κ3) is 3.18. The molecule has 2 aliphatic rings. The summed E-state index contributed by atoms with van der Waals surface area (Å²) in [5.41, 5.74) is 2.47. The van der Waals surface area contributed by atoms with Gasteiger partial charge in [0.15, 0.2) is 11.6 Å². The maximum atomic E-state index is 5.57. The van der Waals surface area contributed by atoms with Crippen molar-refractivity contribution in [2.75, 3.05) is 25.1 Å². The van der Waals surface area contributed by atoms with Crippen LogP contribution in [0.25, 0.3) is 0 Å². The van der Waals surface area contributed by atoms with Gasteiger partial charge in [0.05, 0.1) is 24.9 Å². The van der Waals surface area contributed by atoms with E-state index in [1.54, 1.807) is 0 Å². The van der Waals surface area contributed by atoms with Gasteiger partial charge in [-0.25, -0.2) is 0 Å². The average Bonchev–Trinajstić information content (AvgIpc) is 3.24. The van der Waals surface area contributed by atoms with Crippen molar-refractivity contribution in [2.24, 2.45) is 0 Å². The van der Waals surface area contributed by atoms with Gasteiger partial charge >= 0.3 is 0 Å². The van der Waals surface area contributed by atoms with Crippen LogP contribution in [0, 0.1) is 0 Å². The van der Waals surface area contributed by atoms with Gasteiger partial charge in [-0.15, -0.1) is 0 Å². The van der Waals surface area contributed by atoms with Crippen molar-refractivity contribution in [3.63, 3.8) is 0 Å². The van der Waals surface area contributed by atoms with Crippen LogP contribution in [0.1, 0.15) is 57.6 Å². The van der Waals surface area contributed by atoms with Gasteiger partial charge in [-0.3, -0.25) is 9.36 Å². The van der Waals surface area contributed by atoms with Crippen LogP contribution < -0.4 is 10.6 Å². The quantitative estimate of drug-likeness (QED) is 0.896. The first-order valence-electron chi connectivity index (χ1n) is 9.18. The highest BCUT2D eigenvalue weighted by atomic mass is 16.5. The summed E-state index contributed by atoms with van der Waals surface area (Å²) in [4.78, 5) is 0. The van der Waals surface area contributed by atoms with E-state index >= 15 is 0 Å². The fraction of sp³-hybridized carbons (Fsp3) is 0.667. The fourth-order valence-corrected chi connectivity index (χ4v) is 3.65. The third-order valence-corrected chi connectivity index (χ3v) is 5.04. The van der Waals surface area contributed by atoms with Gasteiger partial charge in [-0.1, -0.05) is 20.8 Å².